The zero-order chi connectivity index (χ0) is 14.0. The molecule has 0 spiro atoms. The first-order valence-electron chi connectivity index (χ1n) is 6.36. The van der Waals surface area contributed by atoms with Crippen LogP contribution in [0.3, 0.4) is 0 Å². The molecule has 0 bridgehead atoms. The van der Waals surface area contributed by atoms with Gasteiger partial charge in [0.15, 0.2) is 0 Å². The summed E-state index contributed by atoms with van der Waals surface area (Å²) in [5.74, 6) is 1.15. The number of hydrogen-bond donors (Lipinski definition) is 0. The molecule has 1 aliphatic heterocycles. The van der Waals surface area contributed by atoms with Crippen LogP contribution in [0.2, 0.25) is 0 Å². The molecule has 2 heterocycles. The van der Waals surface area contributed by atoms with Gasteiger partial charge >= 0.3 is 0 Å². The smallest absolute Gasteiger partial charge is 0.290 e. The van der Waals surface area contributed by atoms with Crippen LogP contribution in [0.5, 0.6) is 0 Å². The van der Waals surface area contributed by atoms with Crippen molar-refractivity contribution in [2.75, 3.05) is 18.0 Å². The van der Waals surface area contributed by atoms with Gasteiger partial charge in [-0.1, -0.05) is 0 Å². The van der Waals surface area contributed by atoms with Crippen molar-refractivity contribution in [3.63, 3.8) is 0 Å². The summed E-state index contributed by atoms with van der Waals surface area (Å²) in [7, 11) is 0. The number of Topliss-reactive ketones (excluding diaryl/α,β-unsaturated/α-hetero) is 1. The number of ketones is 1. The molecule has 0 amide bonds. The second kappa shape index (κ2) is 5.34. The fourth-order valence-electron chi connectivity index (χ4n) is 2.42. The molecular weight excluding hydrogens is 246 g/mol. The quantitative estimate of drug-likeness (QED) is 0.616. The Balaban J connectivity index is 2.10. The number of hydrogen-bond acceptors (Lipinski definition) is 5. The minimum atomic E-state index is -0.423. The van der Waals surface area contributed by atoms with Gasteiger partial charge in [0.2, 0.25) is 0 Å². The molecule has 6 heteroatoms. The van der Waals surface area contributed by atoms with Crippen LogP contribution in [0, 0.1) is 23.0 Å². The Labute approximate surface area is 111 Å². The Morgan fingerprint density at radius 2 is 2.05 bits per heavy atom. The van der Waals surface area contributed by atoms with Crippen molar-refractivity contribution in [3.8, 4) is 0 Å². The van der Waals surface area contributed by atoms with Gasteiger partial charge in [-0.05, 0) is 32.8 Å². The van der Waals surface area contributed by atoms with E-state index < -0.39 is 4.92 Å². The van der Waals surface area contributed by atoms with E-state index in [1.54, 1.807) is 19.9 Å². The largest absolute Gasteiger partial charge is 0.357 e. The molecule has 1 aromatic heterocycles. The number of anilines is 1. The number of carbonyl (C=O) groups is 1. The molecule has 6 nitrogen and oxygen atoms in total. The molecule has 1 aromatic rings. The first-order valence-corrected chi connectivity index (χ1v) is 6.36. The maximum atomic E-state index is 11.3. The molecule has 1 saturated heterocycles. The van der Waals surface area contributed by atoms with Crippen molar-refractivity contribution >= 4 is 17.3 Å². The predicted molar refractivity (Wildman–Crippen MR) is 71.2 cm³/mol. The zero-order valence-electron chi connectivity index (χ0n) is 11.1. The van der Waals surface area contributed by atoms with E-state index in [1.165, 1.54) is 6.07 Å². The minimum absolute atomic E-state index is 0.0439. The SMILES string of the molecule is CC(=O)C1CCN(c2ccc([N+](=O)[O-])c(C)n2)CC1. The van der Waals surface area contributed by atoms with E-state index in [0.29, 0.717) is 5.69 Å². The molecule has 0 N–H and O–H groups in total. The number of nitrogens with zero attached hydrogens (tertiary/aromatic N) is 3. The lowest BCUT2D eigenvalue weighted by molar-refractivity contribution is -0.385. The van der Waals surface area contributed by atoms with Gasteiger partial charge < -0.3 is 4.90 Å². The molecule has 0 saturated carbocycles. The number of rotatable bonds is 3. The molecule has 0 radical (unpaired) electrons. The summed E-state index contributed by atoms with van der Waals surface area (Å²) in [6.07, 6.45) is 1.65. The van der Waals surface area contributed by atoms with E-state index in [4.69, 9.17) is 0 Å². The number of aryl methyl sites for hydroxylation is 1. The molecule has 1 fully saturated rings. The van der Waals surface area contributed by atoms with E-state index in [0.717, 1.165) is 31.7 Å². The summed E-state index contributed by atoms with van der Waals surface area (Å²) >= 11 is 0. The van der Waals surface area contributed by atoms with Crippen LogP contribution in [0.4, 0.5) is 11.5 Å². The highest BCUT2D eigenvalue weighted by Crippen LogP contribution is 2.25. The maximum absolute atomic E-state index is 11.3. The zero-order valence-corrected chi connectivity index (χ0v) is 11.1. The van der Waals surface area contributed by atoms with E-state index in [9.17, 15) is 14.9 Å². The third-order valence-electron chi connectivity index (χ3n) is 3.63. The third-order valence-corrected chi connectivity index (χ3v) is 3.63. The fraction of sp³-hybridized carbons (Fsp3) is 0.538. The van der Waals surface area contributed by atoms with E-state index in [2.05, 4.69) is 9.88 Å². The molecule has 1 aliphatic rings. The summed E-state index contributed by atoms with van der Waals surface area (Å²) in [5, 5.41) is 10.7. The van der Waals surface area contributed by atoms with Crippen LogP contribution in [0.15, 0.2) is 12.1 Å². The summed E-state index contributed by atoms with van der Waals surface area (Å²) in [6, 6.07) is 3.17. The third kappa shape index (κ3) is 2.89. The monoisotopic (exact) mass is 263 g/mol. The summed E-state index contributed by atoms with van der Waals surface area (Å²) in [4.78, 5) is 28.0. The summed E-state index contributed by atoms with van der Waals surface area (Å²) in [6.45, 7) is 4.82. The lowest BCUT2D eigenvalue weighted by Crippen LogP contribution is -2.36. The molecule has 102 valence electrons. The highest BCUT2D eigenvalue weighted by molar-refractivity contribution is 5.78. The molecule has 19 heavy (non-hydrogen) atoms. The molecule has 0 aliphatic carbocycles. The Kier molecular flexibility index (Phi) is 3.78. The first-order chi connectivity index (χ1) is 8.99. The van der Waals surface area contributed by atoms with Crippen molar-refractivity contribution in [2.24, 2.45) is 5.92 Å². The predicted octanol–water partition coefficient (Wildman–Crippen LogP) is 2.10. The van der Waals surface area contributed by atoms with E-state index in [-0.39, 0.29) is 17.4 Å². The van der Waals surface area contributed by atoms with Crippen molar-refractivity contribution in [1.82, 2.24) is 4.98 Å². The van der Waals surface area contributed by atoms with Crippen molar-refractivity contribution in [1.29, 1.82) is 0 Å². The van der Waals surface area contributed by atoms with E-state index >= 15 is 0 Å². The van der Waals surface area contributed by atoms with Gasteiger partial charge in [0.1, 0.15) is 17.3 Å². The number of piperidine rings is 1. The van der Waals surface area contributed by atoms with Crippen LogP contribution in [-0.4, -0.2) is 28.8 Å². The number of pyridine rings is 1. The van der Waals surface area contributed by atoms with Gasteiger partial charge in [-0.15, -0.1) is 0 Å². The van der Waals surface area contributed by atoms with Gasteiger partial charge in [0.25, 0.3) is 5.69 Å². The Morgan fingerprint density at radius 3 is 2.53 bits per heavy atom. The highest BCUT2D eigenvalue weighted by Gasteiger charge is 2.24. The Hall–Kier alpha value is -1.98. The highest BCUT2D eigenvalue weighted by atomic mass is 16.6. The van der Waals surface area contributed by atoms with Gasteiger partial charge in [-0.25, -0.2) is 4.98 Å². The maximum Gasteiger partial charge on any atom is 0.290 e. The second-order valence-electron chi connectivity index (χ2n) is 4.90. The lowest BCUT2D eigenvalue weighted by atomic mass is 9.93. The molecular formula is C13H17N3O3. The average Bonchev–Trinajstić information content (AvgIpc) is 2.38. The molecule has 0 unspecified atom stereocenters. The van der Waals surface area contributed by atoms with Gasteiger partial charge in [-0.2, -0.15) is 0 Å². The van der Waals surface area contributed by atoms with Gasteiger partial charge in [0.05, 0.1) is 4.92 Å². The molecule has 0 atom stereocenters. The summed E-state index contributed by atoms with van der Waals surface area (Å²) in [5.41, 5.74) is 0.471. The van der Waals surface area contributed by atoms with Crippen molar-refractivity contribution in [2.45, 2.75) is 26.7 Å². The van der Waals surface area contributed by atoms with Crippen LogP contribution in [0.25, 0.3) is 0 Å². The van der Waals surface area contributed by atoms with Crippen LogP contribution >= 0.6 is 0 Å². The molecule has 2 rings (SSSR count). The normalized spacial score (nSPS) is 16.4. The van der Waals surface area contributed by atoms with Crippen LogP contribution in [0.1, 0.15) is 25.5 Å². The van der Waals surface area contributed by atoms with Crippen LogP contribution in [-0.2, 0) is 4.79 Å². The van der Waals surface area contributed by atoms with Gasteiger partial charge in [0, 0.05) is 25.1 Å². The lowest BCUT2D eigenvalue weighted by Gasteiger charge is -2.31. The van der Waals surface area contributed by atoms with Crippen LogP contribution < -0.4 is 4.90 Å². The fourth-order valence-corrected chi connectivity index (χ4v) is 2.42. The first kappa shape index (κ1) is 13.5. The van der Waals surface area contributed by atoms with Crippen molar-refractivity contribution in [3.05, 3.63) is 27.9 Å². The van der Waals surface area contributed by atoms with Crippen molar-refractivity contribution < 1.29 is 9.72 Å². The second-order valence-corrected chi connectivity index (χ2v) is 4.90. The summed E-state index contributed by atoms with van der Waals surface area (Å²) < 4.78 is 0. The van der Waals surface area contributed by atoms with Gasteiger partial charge in [-0.3, -0.25) is 14.9 Å². The topological polar surface area (TPSA) is 76.3 Å². The number of carbonyl (C=O) groups excluding carboxylic acids is 1. The minimum Gasteiger partial charge on any atom is -0.357 e. The molecule has 0 aromatic carbocycles. The Bertz CT molecular complexity index is 508. The average molecular weight is 263 g/mol. The standard InChI is InChI=1S/C13H17N3O3/c1-9-12(16(18)19)3-4-13(14-9)15-7-5-11(6-8-15)10(2)17/h3-4,11H,5-8H2,1-2H3. The van der Waals surface area contributed by atoms with E-state index in [1.807, 2.05) is 0 Å². The number of nitro groups is 1. The Morgan fingerprint density at radius 1 is 1.42 bits per heavy atom. The number of aromatic nitrogens is 1.